The molecule has 0 unspecified atom stereocenters. The SMILES string of the molecule is COC(=O)[C@@H](NS(=O)(=O)c1ccc(-c2ccc(NC(=O)c3cc(-c4ccc(Cl)cc4)no3)cc2)cc1)C(C)C. The van der Waals surface area contributed by atoms with Gasteiger partial charge in [0.05, 0.1) is 12.0 Å². The van der Waals surface area contributed by atoms with Crippen LogP contribution in [0, 0.1) is 5.92 Å². The highest BCUT2D eigenvalue weighted by Crippen LogP contribution is 2.25. The van der Waals surface area contributed by atoms with Crippen LogP contribution in [0.15, 0.2) is 88.3 Å². The number of esters is 1. The van der Waals surface area contributed by atoms with E-state index in [0.717, 1.165) is 16.7 Å². The van der Waals surface area contributed by atoms with Gasteiger partial charge in [0, 0.05) is 22.3 Å². The standard InChI is InChI=1S/C28H26ClN3O6S/c1-17(2)26(28(34)37-3)32-39(35,36)23-14-8-19(9-15-23)18-6-12-22(13-7-18)30-27(33)25-16-24(31-38-25)20-4-10-21(29)11-5-20/h4-17,26,32H,1-3H3,(H,30,33)/t26-/m0/s1. The fourth-order valence-electron chi connectivity index (χ4n) is 3.72. The van der Waals surface area contributed by atoms with Gasteiger partial charge in [-0.1, -0.05) is 67.0 Å². The van der Waals surface area contributed by atoms with Crippen molar-refractivity contribution in [3.8, 4) is 22.4 Å². The summed E-state index contributed by atoms with van der Waals surface area (Å²) in [5.74, 6) is -1.34. The molecule has 0 radical (unpaired) electrons. The summed E-state index contributed by atoms with van der Waals surface area (Å²) in [6.45, 7) is 3.45. The summed E-state index contributed by atoms with van der Waals surface area (Å²) in [5, 5.41) is 7.30. The fraction of sp³-hybridized carbons (Fsp3) is 0.179. The summed E-state index contributed by atoms with van der Waals surface area (Å²) in [6, 6.07) is 20.9. The average Bonchev–Trinajstić information content (AvgIpc) is 3.43. The number of carbonyl (C=O) groups excluding carboxylic acids is 2. The molecule has 2 N–H and O–H groups in total. The molecule has 9 nitrogen and oxygen atoms in total. The van der Waals surface area contributed by atoms with Gasteiger partial charge >= 0.3 is 5.97 Å². The lowest BCUT2D eigenvalue weighted by molar-refractivity contribution is -0.143. The normalized spacial score (nSPS) is 12.2. The second kappa shape index (κ2) is 11.8. The number of sulfonamides is 1. The first-order valence-electron chi connectivity index (χ1n) is 11.9. The number of nitrogens with zero attached hydrogens (tertiary/aromatic N) is 1. The van der Waals surface area contributed by atoms with Crippen molar-refractivity contribution in [3.63, 3.8) is 0 Å². The number of benzene rings is 3. The van der Waals surface area contributed by atoms with Crippen molar-refractivity contribution in [1.82, 2.24) is 9.88 Å². The molecule has 0 bridgehead atoms. The second-order valence-corrected chi connectivity index (χ2v) is 11.2. The molecule has 4 aromatic rings. The van der Waals surface area contributed by atoms with Gasteiger partial charge in [-0.15, -0.1) is 0 Å². The van der Waals surface area contributed by atoms with Gasteiger partial charge in [-0.2, -0.15) is 4.72 Å². The maximum Gasteiger partial charge on any atom is 0.324 e. The van der Waals surface area contributed by atoms with E-state index in [0.29, 0.717) is 16.4 Å². The molecule has 39 heavy (non-hydrogen) atoms. The lowest BCUT2D eigenvalue weighted by Gasteiger charge is -2.19. The third-order valence-corrected chi connectivity index (χ3v) is 7.63. The van der Waals surface area contributed by atoms with Gasteiger partial charge in [0.15, 0.2) is 0 Å². The Morgan fingerprint density at radius 1 is 0.897 bits per heavy atom. The molecular formula is C28H26ClN3O6S. The van der Waals surface area contributed by atoms with Gasteiger partial charge in [0.25, 0.3) is 5.91 Å². The summed E-state index contributed by atoms with van der Waals surface area (Å²) >= 11 is 5.91. The van der Waals surface area contributed by atoms with Crippen LogP contribution in [0.3, 0.4) is 0 Å². The van der Waals surface area contributed by atoms with E-state index in [2.05, 4.69) is 15.2 Å². The smallest absolute Gasteiger partial charge is 0.324 e. The van der Waals surface area contributed by atoms with E-state index in [1.165, 1.54) is 19.2 Å². The molecule has 202 valence electrons. The Hall–Kier alpha value is -3.99. The van der Waals surface area contributed by atoms with Gasteiger partial charge in [-0.3, -0.25) is 9.59 Å². The molecule has 11 heteroatoms. The van der Waals surface area contributed by atoms with Crippen LogP contribution in [-0.2, 0) is 19.6 Å². The van der Waals surface area contributed by atoms with Crippen LogP contribution in [0.2, 0.25) is 5.02 Å². The maximum atomic E-state index is 12.8. The van der Waals surface area contributed by atoms with Gasteiger partial charge in [-0.25, -0.2) is 8.42 Å². The lowest BCUT2D eigenvalue weighted by Crippen LogP contribution is -2.44. The van der Waals surface area contributed by atoms with E-state index in [1.807, 2.05) is 0 Å². The summed E-state index contributed by atoms with van der Waals surface area (Å²) in [6.07, 6.45) is 0. The second-order valence-electron chi connectivity index (χ2n) is 9.01. The molecule has 1 heterocycles. The molecule has 4 rings (SSSR count). The van der Waals surface area contributed by atoms with Gasteiger partial charge in [-0.05, 0) is 53.4 Å². The Bertz CT molecular complexity index is 1570. The van der Waals surface area contributed by atoms with Crippen LogP contribution in [0.1, 0.15) is 24.4 Å². The molecule has 0 saturated heterocycles. The van der Waals surface area contributed by atoms with Crippen LogP contribution in [-0.4, -0.2) is 38.6 Å². The number of amides is 1. The number of nitrogens with one attached hydrogen (secondary N) is 2. The maximum absolute atomic E-state index is 12.8. The highest BCUT2D eigenvalue weighted by Gasteiger charge is 2.29. The Labute approximate surface area is 231 Å². The van der Waals surface area contributed by atoms with Crippen LogP contribution >= 0.6 is 11.6 Å². The first-order chi connectivity index (χ1) is 18.6. The quantitative estimate of drug-likeness (QED) is 0.259. The van der Waals surface area contributed by atoms with Crippen molar-refractivity contribution >= 4 is 39.2 Å². The van der Waals surface area contributed by atoms with Crippen LogP contribution in [0.4, 0.5) is 5.69 Å². The molecule has 0 aliphatic heterocycles. The number of aromatic nitrogens is 1. The number of ether oxygens (including phenoxy) is 1. The summed E-state index contributed by atoms with van der Waals surface area (Å²) in [4.78, 5) is 24.6. The predicted molar refractivity (Wildman–Crippen MR) is 148 cm³/mol. The van der Waals surface area contributed by atoms with Crippen LogP contribution in [0.25, 0.3) is 22.4 Å². The molecule has 1 aromatic heterocycles. The average molecular weight is 568 g/mol. The highest BCUT2D eigenvalue weighted by atomic mass is 35.5. The topological polar surface area (TPSA) is 128 Å². The molecule has 0 aliphatic carbocycles. The molecule has 3 aromatic carbocycles. The van der Waals surface area contributed by atoms with Crippen LogP contribution < -0.4 is 10.0 Å². The molecule has 0 fully saturated rings. The predicted octanol–water partition coefficient (Wildman–Crippen LogP) is 5.39. The van der Waals surface area contributed by atoms with Gasteiger partial charge < -0.3 is 14.6 Å². The summed E-state index contributed by atoms with van der Waals surface area (Å²) in [5.41, 5.74) is 3.40. The fourth-order valence-corrected chi connectivity index (χ4v) is 5.18. The zero-order valence-corrected chi connectivity index (χ0v) is 22.9. The molecule has 1 amide bonds. The van der Waals surface area contributed by atoms with Crippen molar-refractivity contribution in [2.75, 3.05) is 12.4 Å². The first kappa shape index (κ1) is 28.0. The monoisotopic (exact) mass is 567 g/mol. The number of anilines is 1. The number of methoxy groups -OCH3 is 1. The Morgan fingerprint density at radius 2 is 1.46 bits per heavy atom. The minimum absolute atomic E-state index is 0.0229. The van der Waals surface area contributed by atoms with E-state index >= 15 is 0 Å². The highest BCUT2D eigenvalue weighted by molar-refractivity contribution is 7.89. The zero-order valence-electron chi connectivity index (χ0n) is 21.3. The molecule has 0 spiro atoms. The van der Waals surface area contributed by atoms with E-state index in [9.17, 15) is 18.0 Å². The third kappa shape index (κ3) is 6.72. The number of rotatable bonds is 9. The minimum Gasteiger partial charge on any atom is -0.468 e. The molecular weight excluding hydrogens is 542 g/mol. The van der Waals surface area contributed by atoms with E-state index in [-0.39, 0.29) is 16.6 Å². The largest absolute Gasteiger partial charge is 0.468 e. The van der Waals surface area contributed by atoms with E-state index in [1.54, 1.807) is 80.6 Å². The van der Waals surface area contributed by atoms with Crippen molar-refractivity contribution in [1.29, 1.82) is 0 Å². The van der Waals surface area contributed by atoms with Gasteiger partial charge in [0.1, 0.15) is 11.7 Å². The third-order valence-electron chi connectivity index (χ3n) is 5.92. The zero-order chi connectivity index (χ0) is 28.2. The Morgan fingerprint density at radius 3 is 2.03 bits per heavy atom. The number of halogens is 1. The first-order valence-corrected chi connectivity index (χ1v) is 13.8. The number of hydrogen-bond donors (Lipinski definition) is 2. The Balaban J connectivity index is 1.42. The molecule has 0 aliphatic rings. The van der Waals surface area contributed by atoms with Gasteiger partial charge in [0.2, 0.25) is 15.8 Å². The van der Waals surface area contributed by atoms with Crippen molar-refractivity contribution in [2.24, 2.45) is 5.92 Å². The lowest BCUT2D eigenvalue weighted by atomic mass is 10.1. The van der Waals surface area contributed by atoms with E-state index in [4.69, 9.17) is 20.9 Å². The molecule has 0 saturated carbocycles. The van der Waals surface area contributed by atoms with Crippen LogP contribution in [0.5, 0.6) is 0 Å². The van der Waals surface area contributed by atoms with Crippen molar-refractivity contribution in [2.45, 2.75) is 24.8 Å². The van der Waals surface area contributed by atoms with Crippen molar-refractivity contribution in [3.05, 3.63) is 89.6 Å². The summed E-state index contributed by atoms with van der Waals surface area (Å²) < 4.78 is 37.9. The summed E-state index contributed by atoms with van der Waals surface area (Å²) in [7, 11) is -2.73. The number of carbonyl (C=O) groups is 2. The number of hydrogen-bond acceptors (Lipinski definition) is 7. The minimum atomic E-state index is -3.94. The Kier molecular flexibility index (Phi) is 8.49. The van der Waals surface area contributed by atoms with E-state index < -0.39 is 27.9 Å². The van der Waals surface area contributed by atoms with Crippen molar-refractivity contribution < 1.29 is 27.3 Å². The molecule has 1 atom stereocenters.